The van der Waals surface area contributed by atoms with Gasteiger partial charge in [0.25, 0.3) is 0 Å². The molecule has 3 aromatic carbocycles. The molecule has 0 spiro atoms. The van der Waals surface area contributed by atoms with Gasteiger partial charge in [-0.25, -0.2) is 4.21 Å². The van der Waals surface area contributed by atoms with E-state index in [0.717, 1.165) is 48.0 Å². The molecule has 1 saturated heterocycles. The molecule has 1 fully saturated rings. The van der Waals surface area contributed by atoms with Crippen LogP contribution < -0.4 is 11.5 Å². The van der Waals surface area contributed by atoms with E-state index in [1.54, 1.807) is 12.1 Å². The van der Waals surface area contributed by atoms with Gasteiger partial charge >= 0.3 is 0 Å². The minimum absolute atomic E-state index is 0.515. The van der Waals surface area contributed by atoms with Crippen molar-refractivity contribution in [1.29, 1.82) is 0 Å². The SMILES string of the molecule is NCc1ccc(N)cc1C1CCN(Cc2ccc(S(=O)c3cccc(Cl)c3)cc2)CC1. The lowest BCUT2D eigenvalue weighted by molar-refractivity contribution is 0.204. The zero-order valence-corrected chi connectivity index (χ0v) is 19.0. The van der Waals surface area contributed by atoms with Crippen molar-refractivity contribution in [3.05, 3.63) is 88.4 Å². The lowest BCUT2D eigenvalue weighted by atomic mass is 9.86. The molecule has 1 unspecified atom stereocenters. The Kier molecular flexibility index (Phi) is 7.08. The zero-order chi connectivity index (χ0) is 21.8. The van der Waals surface area contributed by atoms with Gasteiger partial charge in [-0.3, -0.25) is 4.90 Å². The molecule has 0 aromatic heterocycles. The molecule has 162 valence electrons. The second-order valence-corrected chi connectivity index (χ2v) is 10.00. The van der Waals surface area contributed by atoms with E-state index >= 15 is 0 Å². The lowest BCUT2D eigenvalue weighted by Crippen LogP contribution is -2.32. The number of piperidine rings is 1. The summed E-state index contributed by atoms with van der Waals surface area (Å²) in [6.07, 6.45) is 2.21. The molecule has 4 nitrogen and oxygen atoms in total. The van der Waals surface area contributed by atoms with Gasteiger partial charge in [0.15, 0.2) is 0 Å². The van der Waals surface area contributed by atoms with Gasteiger partial charge in [-0.05, 0) is 91.0 Å². The van der Waals surface area contributed by atoms with E-state index in [0.29, 0.717) is 17.5 Å². The van der Waals surface area contributed by atoms with Gasteiger partial charge < -0.3 is 11.5 Å². The maximum atomic E-state index is 12.8. The van der Waals surface area contributed by atoms with Crippen LogP contribution in [0.1, 0.15) is 35.4 Å². The second kappa shape index (κ2) is 9.96. The van der Waals surface area contributed by atoms with E-state index in [1.165, 1.54) is 16.7 Å². The van der Waals surface area contributed by atoms with E-state index < -0.39 is 10.8 Å². The van der Waals surface area contributed by atoms with Crippen LogP contribution in [0.25, 0.3) is 0 Å². The first-order valence-corrected chi connectivity index (χ1v) is 12.1. The molecule has 1 aliphatic heterocycles. The molecule has 1 aliphatic rings. The highest BCUT2D eigenvalue weighted by molar-refractivity contribution is 7.85. The lowest BCUT2D eigenvalue weighted by Gasteiger charge is -2.33. The van der Waals surface area contributed by atoms with Gasteiger partial charge in [-0.2, -0.15) is 0 Å². The van der Waals surface area contributed by atoms with Gasteiger partial charge in [0.2, 0.25) is 0 Å². The van der Waals surface area contributed by atoms with E-state index in [9.17, 15) is 4.21 Å². The Morgan fingerprint density at radius 3 is 2.39 bits per heavy atom. The first-order chi connectivity index (χ1) is 15.0. The third-order valence-corrected chi connectivity index (χ3v) is 7.59. The highest BCUT2D eigenvalue weighted by Gasteiger charge is 2.22. The van der Waals surface area contributed by atoms with Crippen LogP contribution in [0, 0.1) is 0 Å². The standard InChI is InChI=1S/C25H28ClN3OS/c26-21-2-1-3-24(14-21)31(30)23-8-4-18(5-9-23)17-29-12-10-19(11-13-29)25-15-22(28)7-6-20(25)16-27/h1-9,14-15,19H,10-13,16-17,27-28H2. The van der Waals surface area contributed by atoms with E-state index in [4.69, 9.17) is 23.1 Å². The van der Waals surface area contributed by atoms with Crippen LogP contribution in [-0.4, -0.2) is 22.2 Å². The monoisotopic (exact) mass is 453 g/mol. The average Bonchev–Trinajstić information content (AvgIpc) is 2.79. The number of nitrogens with two attached hydrogens (primary N) is 2. The summed E-state index contributed by atoms with van der Waals surface area (Å²) in [5.41, 5.74) is 16.5. The first-order valence-electron chi connectivity index (χ1n) is 10.6. The summed E-state index contributed by atoms with van der Waals surface area (Å²) < 4.78 is 12.8. The summed E-state index contributed by atoms with van der Waals surface area (Å²) in [7, 11) is -1.22. The first kappa shape index (κ1) is 22.0. The van der Waals surface area contributed by atoms with Gasteiger partial charge in [0, 0.05) is 33.6 Å². The number of anilines is 1. The van der Waals surface area contributed by atoms with Crippen LogP contribution in [0.15, 0.2) is 76.5 Å². The molecule has 0 radical (unpaired) electrons. The Morgan fingerprint density at radius 2 is 1.71 bits per heavy atom. The molecule has 0 bridgehead atoms. The molecule has 4 N–H and O–H groups in total. The number of hydrogen-bond donors (Lipinski definition) is 2. The van der Waals surface area contributed by atoms with E-state index in [-0.39, 0.29) is 0 Å². The predicted octanol–water partition coefficient (Wildman–Crippen LogP) is 4.93. The Morgan fingerprint density at radius 1 is 0.968 bits per heavy atom. The highest BCUT2D eigenvalue weighted by Crippen LogP contribution is 2.32. The minimum atomic E-state index is -1.22. The maximum Gasteiger partial charge on any atom is 0.0850 e. The summed E-state index contributed by atoms with van der Waals surface area (Å²) in [6, 6.07) is 21.4. The molecule has 0 amide bonds. The topological polar surface area (TPSA) is 72.3 Å². The molecule has 6 heteroatoms. The van der Waals surface area contributed by atoms with Crippen molar-refractivity contribution in [3.63, 3.8) is 0 Å². The Balaban J connectivity index is 1.36. The molecule has 0 saturated carbocycles. The fourth-order valence-electron chi connectivity index (χ4n) is 4.28. The van der Waals surface area contributed by atoms with E-state index in [1.807, 2.05) is 30.3 Å². The number of nitrogen functional groups attached to an aromatic ring is 1. The number of benzene rings is 3. The van der Waals surface area contributed by atoms with Crippen molar-refractivity contribution in [2.45, 2.75) is 41.6 Å². The van der Waals surface area contributed by atoms with Gasteiger partial charge in [0.1, 0.15) is 0 Å². The van der Waals surface area contributed by atoms with Crippen molar-refractivity contribution in [2.75, 3.05) is 18.8 Å². The van der Waals surface area contributed by atoms with Crippen molar-refractivity contribution >= 4 is 28.1 Å². The van der Waals surface area contributed by atoms with Crippen LogP contribution in [0.3, 0.4) is 0 Å². The number of rotatable bonds is 6. The molecule has 1 heterocycles. The fourth-order valence-corrected chi connectivity index (χ4v) is 5.62. The van der Waals surface area contributed by atoms with Crippen LogP contribution in [0.5, 0.6) is 0 Å². The normalized spacial score (nSPS) is 16.3. The second-order valence-electron chi connectivity index (χ2n) is 8.08. The van der Waals surface area contributed by atoms with Crippen LogP contribution in [-0.2, 0) is 23.9 Å². The third-order valence-electron chi connectivity index (χ3n) is 5.97. The Labute approximate surface area is 191 Å². The van der Waals surface area contributed by atoms with Crippen LogP contribution in [0.2, 0.25) is 5.02 Å². The van der Waals surface area contributed by atoms with Crippen molar-refractivity contribution in [1.82, 2.24) is 4.90 Å². The molecule has 1 atom stereocenters. The smallest absolute Gasteiger partial charge is 0.0850 e. The van der Waals surface area contributed by atoms with Crippen LogP contribution in [0.4, 0.5) is 5.69 Å². The van der Waals surface area contributed by atoms with Crippen molar-refractivity contribution < 1.29 is 4.21 Å². The van der Waals surface area contributed by atoms with Crippen molar-refractivity contribution in [2.24, 2.45) is 5.73 Å². The zero-order valence-electron chi connectivity index (χ0n) is 17.5. The maximum absolute atomic E-state index is 12.8. The number of likely N-dealkylation sites (tertiary alicyclic amines) is 1. The summed E-state index contributed by atoms with van der Waals surface area (Å²) in [4.78, 5) is 4.00. The predicted molar refractivity (Wildman–Crippen MR) is 129 cm³/mol. The summed E-state index contributed by atoms with van der Waals surface area (Å²) in [5.74, 6) is 0.515. The minimum Gasteiger partial charge on any atom is -0.399 e. The average molecular weight is 454 g/mol. The van der Waals surface area contributed by atoms with Gasteiger partial charge in [-0.1, -0.05) is 35.9 Å². The van der Waals surface area contributed by atoms with Gasteiger partial charge in [-0.15, -0.1) is 0 Å². The quantitative estimate of drug-likeness (QED) is 0.519. The molecule has 0 aliphatic carbocycles. The molecule has 4 rings (SSSR count). The van der Waals surface area contributed by atoms with Crippen LogP contribution >= 0.6 is 11.6 Å². The molecular weight excluding hydrogens is 426 g/mol. The third kappa shape index (κ3) is 5.36. The Hall–Kier alpha value is -2.18. The largest absolute Gasteiger partial charge is 0.399 e. The summed E-state index contributed by atoms with van der Waals surface area (Å²) >= 11 is 6.03. The Bertz CT molecular complexity index is 1060. The van der Waals surface area contributed by atoms with E-state index in [2.05, 4.69) is 29.2 Å². The molecule has 31 heavy (non-hydrogen) atoms. The number of nitrogens with zero attached hydrogens (tertiary/aromatic N) is 1. The molecular formula is C25H28ClN3OS. The summed E-state index contributed by atoms with van der Waals surface area (Å²) in [6.45, 7) is 3.54. The highest BCUT2D eigenvalue weighted by atomic mass is 35.5. The summed E-state index contributed by atoms with van der Waals surface area (Å²) in [5, 5.41) is 0.600. The van der Waals surface area contributed by atoms with Gasteiger partial charge in [0.05, 0.1) is 10.8 Å². The number of hydrogen-bond acceptors (Lipinski definition) is 4. The number of halogens is 1. The van der Waals surface area contributed by atoms with Crippen molar-refractivity contribution in [3.8, 4) is 0 Å². The fraction of sp³-hybridized carbons (Fsp3) is 0.280. The molecule has 3 aromatic rings.